The molecule has 19 heavy (non-hydrogen) atoms. The first-order chi connectivity index (χ1) is 9.31. The molecule has 0 bridgehead atoms. The molecule has 0 spiro atoms. The molecule has 0 saturated carbocycles. The Morgan fingerprint density at radius 2 is 2.00 bits per heavy atom. The number of nitrogens with zero attached hydrogens (tertiary/aromatic N) is 2. The molecule has 0 amide bonds. The topological polar surface area (TPSA) is 67.3 Å². The van der Waals surface area contributed by atoms with Crippen molar-refractivity contribution >= 4 is 0 Å². The second-order valence-corrected chi connectivity index (χ2v) is 4.06. The molecule has 0 atom stereocenters. The van der Waals surface area contributed by atoms with Crippen LogP contribution in [0.2, 0.25) is 0 Å². The van der Waals surface area contributed by atoms with Gasteiger partial charge in [-0.25, -0.2) is 9.97 Å². The molecule has 0 unspecified atom stereocenters. The predicted molar refractivity (Wildman–Crippen MR) is 71.9 cm³/mol. The molecule has 5 heteroatoms. The third kappa shape index (κ3) is 4.01. The van der Waals surface area contributed by atoms with Gasteiger partial charge < -0.3 is 15.2 Å². The summed E-state index contributed by atoms with van der Waals surface area (Å²) in [5.74, 6) is 0.617. The molecule has 2 N–H and O–H groups in total. The van der Waals surface area contributed by atoms with Crippen molar-refractivity contribution in [2.24, 2.45) is 0 Å². The molecule has 0 aliphatic carbocycles. The Hall–Kier alpha value is -1.98. The van der Waals surface area contributed by atoms with Crippen molar-refractivity contribution in [3.8, 4) is 11.8 Å². The van der Waals surface area contributed by atoms with Crippen LogP contribution >= 0.6 is 0 Å². The Kier molecular flexibility index (Phi) is 4.83. The zero-order valence-corrected chi connectivity index (χ0v) is 10.8. The van der Waals surface area contributed by atoms with E-state index in [4.69, 9.17) is 9.84 Å². The summed E-state index contributed by atoms with van der Waals surface area (Å²) in [4.78, 5) is 8.29. The molecule has 5 nitrogen and oxygen atoms in total. The molecule has 100 valence electrons. The second kappa shape index (κ2) is 6.82. The van der Waals surface area contributed by atoms with Crippen LogP contribution in [-0.2, 0) is 13.2 Å². The fraction of sp³-hybridized carbons (Fsp3) is 0.286. The highest BCUT2D eigenvalue weighted by Crippen LogP contribution is 2.18. The van der Waals surface area contributed by atoms with Crippen molar-refractivity contribution in [2.75, 3.05) is 6.54 Å². The van der Waals surface area contributed by atoms with E-state index in [-0.39, 0.29) is 6.61 Å². The molecule has 1 heterocycles. The number of aromatic nitrogens is 2. The number of hydrogen-bond acceptors (Lipinski definition) is 5. The molecular weight excluding hydrogens is 242 g/mol. The van der Waals surface area contributed by atoms with Gasteiger partial charge in [-0.2, -0.15) is 0 Å². The molecule has 0 radical (unpaired) electrons. The maximum absolute atomic E-state index is 9.05. The van der Waals surface area contributed by atoms with E-state index in [0.717, 1.165) is 24.2 Å². The van der Waals surface area contributed by atoms with Crippen molar-refractivity contribution in [3.63, 3.8) is 0 Å². The molecular formula is C14H17N3O2. The van der Waals surface area contributed by atoms with Gasteiger partial charge >= 0.3 is 6.01 Å². The van der Waals surface area contributed by atoms with Crippen LogP contribution in [0.25, 0.3) is 0 Å². The summed E-state index contributed by atoms with van der Waals surface area (Å²) in [5, 5.41) is 12.3. The summed E-state index contributed by atoms with van der Waals surface area (Å²) in [6.45, 7) is 3.69. The minimum Gasteiger partial charge on any atom is -0.424 e. The minimum atomic E-state index is -0.0142. The largest absolute Gasteiger partial charge is 0.424 e. The van der Waals surface area contributed by atoms with Crippen LogP contribution in [0.15, 0.2) is 36.7 Å². The number of hydrogen-bond donors (Lipinski definition) is 2. The van der Waals surface area contributed by atoms with Crippen molar-refractivity contribution < 1.29 is 9.84 Å². The van der Waals surface area contributed by atoms with Crippen LogP contribution in [0.1, 0.15) is 18.1 Å². The van der Waals surface area contributed by atoms with Crippen molar-refractivity contribution in [1.82, 2.24) is 15.3 Å². The average molecular weight is 259 g/mol. The van der Waals surface area contributed by atoms with Gasteiger partial charge in [0.2, 0.25) is 0 Å². The summed E-state index contributed by atoms with van der Waals surface area (Å²) in [7, 11) is 0. The number of rotatable bonds is 6. The summed E-state index contributed by atoms with van der Waals surface area (Å²) >= 11 is 0. The van der Waals surface area contributed by atoms with Gasteiger partial charge in [0.25, 0.3) is 0 Å². The predicted octanol–water partition coefficient (Wildman–Crippen LogP) is 1.87. The third-order valence-electron chi connectivity index (χ3n) is 2.55. The fourth-order valence-electron chi connectivity index (χ4n) is 1.57. The second-order valence-electron chi connectivity index (χ2n) is 4.06. The van der Waals surface area contributed by atoms with Gasteiger partial charge in [0, 0.05) is 24.5 Å². The van der Waals surface area contributed by atoms with E-state index in [1.165, 1.54) is 0 Å². The van der Waals surface area contributed by atoms with Crippen LogP contribution in [0, 0.1) is 0 Å². The number of aliphatic hydroxyl groups excluding tert-OH is 1. The van der Waals surface area contributed by atoms with E-state index in [1.807, 2.05) is 19.1 Å². The third-order valence-corrected chi connectivity index (χ3v) is 2.55. The van der Waals surface area contributed by atoms with E-state index in [9.17, 15) is 0 Å². The van der Waals surface area contributed by atoms with Crippen LogP contribution in [0.3, 0.4) is 0 Å². The Bertz CT molecular complexity index is 514. The maximum Gasteiger partial charge on any atom is 0.321 e. The van der Waals surface area contributed by atoms with Gasteiger partial charge in [0.15, 0.2) is 0 Å². The molecule has 2 rings (SSSR count). The fourth-order valence-corrected chi connectivity index (χ4v) is 1.57. The molecule has 0 aliphatic rings. The van der Waals surface area contributed by atoms with Crippen LogP contribution in [-0.4, -0.2) is 21.6 Å². The Labute approximate surface area is 112 Å². The summed E-state index contributed by atoms with van der Waals surface area (Å²) in [6.07, 6.45) is 3.47. The lowest BCUT2D eigenvalue weighted by Crippen LogP contribution is -2.12. The smallest absolute Gasteiger partial charge is 0.321 e. The van der Waals surface area contributed by atoms with Crippen molar-refractivity contribution in [1.29, 1.82) is 0 Å². The number of aliphatic hydroxyl groups is 1. The molecule has 1 aromatic heterocycles. The summed E-state index contributed by atoms with van der Waals surface area (Å²) in [5.41, 5.74) is 1.81. The van der Waals surface area contributed by atoms with E-state index in [1.54, 1.807) is 24.5 Å². The Balaban J connectivity index is 2.02. The standard InChI is InChI=1S/C14H17N3O2/c1-2-15-7-12-8-16-14(17-9-12)19-13-5-3-4-11(6-13)10-18/h3-6,8-9,15,18H,2,7,10H2,1H3. The zero-order valence-electron chi connectivity index (χ0n) is 10.8. The first-order valence-corrected chi connectivity index (χ1v) is 6.21. The SMILES string of the molecule is CCNCc1cnc(Oc2cccc(CO)c2)nc1. The van der Waals surface area contributed by atoms with Crippen LogP contribution in [0.5, 0.6) is 11.8 Å². The monoisotopic (exact) mass is 259 g/mol. The van der Waals surface area contributed by atoms with Gasteiger partial charge in [0.05, 0.1) is 6.61 Å². The molecule has 2 aromatic rings. The van der Waals surface area contributed by atoms with E-state index in [2.05, 4.69) is 15.3 Å². The number of ether oxygens (including phenoxy) is 1. The van der Waals surface area contributed by atoms with E-state index >= 15 is 0 Å². The van der Waals surface area contributed by atoms with Crippen LogP contribution < -0.4 is 10.1 Å². The van der Waals surface area contributed by atoms with Gasteiger partial charge in [-0.3, -0.25) is 0 Å². The van der Waals surface area contributed by atoms with Gasteiger partial charge in [-0.1, -0.05) is 19.1 Å². The first kappa shape index (κ1) is 13.5. The van der Waals surface area contributed by atoms with Gasteiger partial charge in [-0.15, -0.1) is 0 Å². The highest BCUT2D eigenvalue weighted by Gasteiger charge is 2.02. The quantitative estimate of drug-likeness (QED) is 0.829. The number of benzene rings is 1. The van der Waals surface area contributed by atoms with Crippen molar-refractivity contribution in [2.45, 2.75) is 20.1 Å². The highest BCUT2D eigenvalue weighted by molar-refractivity contribution is 5.30. The lowest BCUT2D eigenvalue weighted by molar-refractivity contribution is 0.281. The highest BCUT2D eigenvalue weighted by atomic mass is 16.5. The Morgan fingerprint density at radius 3 is 2.68 bits per heavy atom. The van der Waals surface area contributed by atoms with Gasteiger partial charge in [0.1, 0.15) is 5.75 Å². The maximum atomic E-state index is 9.05. The van der Waals surface area contributed by atoms with Crippen LogP contribution in [0.4, 0.5) is 0 Å². The summed E-state index contributed by atoms with van der Waals surface area (Å²) < 4.78 is 5.53. The van der Waals surface area contributed by atoms with E-state index < -0.39 is 0 Å². The first-order valence-electron chi connectivity index (χ1n) is 6.21. The molecule has 0 saturated heterocycles. The van der Waals surface area contributed by atoms with E-state index in [0.29, 0.717) is 11.8 Å². The average Bonchev–Trinajstić information content (AvgIpc) is 2.47. The van der Waals surface area contributed by atoms with Gasteiger partial charge in [-0.05, 0) is 24.2 Å². The molecule has 0 fully saturated rings. The lowest BCUT2D eigenvalue weighted by Gasteiger charge is -2.06. The normalized spacial score (nSPS) is 10.4. The molecule has 0 aliphatic heterocycles. The number of nitrogens with one attached hydrogen (secondary N) is 1. The van der Waals surface area contributed by atoms with Crippen molar-refractivity contribution in [3.05, 3.63) is 47.8 Å². The Morgan fingerprint density at radius 1 is 1.21 bits per heavy atom. The lowest BCUT2D eigenvalue weighted by atomic mass is 10.2. The zero-order chi connectivity index (χ0) is 13.5. The minimum absolute atomic E-state index is 0.0142. The summed E-state index contributed by atoms with van der Waals surface area (Å²) in [6, 6.07) is 7.51. The molecule has 1 aromatic carbocycles.